The summed E-state index contributed by atoms with van der Waals surface area (Å²) in [4.78, 5) is 0. The first-order valence-corrected chi connectivity index (χ1v) is 9.92. The van der Waals surface area contributed by atoms with Gasteiger partial charge in [-0.2, -0.15) is 0 Å². The van der Waals surface area contributed by atoms with Crippen molar-refractivity contribution >= 4 is 0 Å². The molecule has 0 saturated carbocycles. The largest absolute Gasteiger partial charge is 0.328 e. The minimum absolute atomic E-state index is 0.388. The van der Waals surface area contributed by atoms with E-state index in [4.69, 9.17) is 5.73 Å². The molecule has 128 valence electrons. The van der Waals surface area contributed by atoms with E-state index >= 15 is 0 Å². The molecule has 0 heterocycles. The van der Waals surface area contributed by atoms with Crippen molar-refractivity contribution in [2.24, 2.45) is 11.7 Å². The van der Waals surface area contributed by atoms with Gasteiger partial charge < -0.3 is 5.73 Å². The monoisotopic (exact) mass is 297 g/mol. The van der Waals surface area contributed by atoms with Gasteiger partial charge in [0, 0.05) is 6.04 Å². The Balaban J connectivity index is 3.10. The van der Waals surface area contributed by atoms with Gasteiger partial charge in [-0.25, -0.2) is 0 Å². The van der Waals surface area contributed by atoms with Crippen molar-refractivity contribution in [2.75, 3.05) is 0 Å². The standard InChI is InChI=1S/C20H43N/c1-4-5-6-7-8-9-10-11-12-13-14-16-19(2)17-15-18-20(3)21/h19-20H,4-18,21H2,1-3H3. The lowest BCUT2D eigenvalue weighted by Gasteiger charge is -2.12. The third kappa shape index (κ3) is 17.9. The average Bonchev–Trinajstić information content (AvgIpc) is 2.44. The second kappa shape index (κ2) is 16.3. The van der Waals surface area contributed by atoms with Crippen molar-refractivity contribution in [3.8, 4) is 0 Å². The summed E-state index contributed by atoms with van der Waals surface area (Å²) in [6.45, 7) is 6.82. The van der Waals surface area contributed by atoms with Crippen LogP contribution in [0.2, 0.25) is 0 Å². The van der Waals surface area contributed by atoms with E-state index in [-0.39, 0.29) is 0 Å². The lowest BCUT2D eigenvalue weighted by atomic mass is 9.96. The number of nitrogens with two attached hydrogens (primary N) is 1. The highest BCUT2D eigenvalue weighted by molar-refractivity contribution is 4.58. The maximum absolute atomic E-state index is 5.79. The molecule has 1 heteroatoms. The van der Waals surface area contributed by atoms with Crippen LogP contribution in [0, 0.1) is 5.92 Å². The molecule has 0 aromatic heterocycles. The molecule has 0 saturated heterocycles. The molecule has 0 aliphatic carbocycles. The van der Waals surface area contributed by atoms with Gasteiger partial charge in [-0.1, -0.05) is 104 Å². The summed E-state index contributed by atoms with van der Waals surface area (Å²) in [6, 6.07) is 0.388. The number of rotatable bonds is 16. The predicted molar refractivity (Wildman–Crippen MR) is 97.7 cm³/mol. The number of unbranched alkanes of at least 4 members (excludes halogenated alkanes) is 10. The van der Waals surface area contributed by atoms with Crippen molar-refractivity contribution in [2.45, 2.75) is 123 Å². The van der Waals surface area contributed by atoms with Crippen LogP contribution >= 0.6 is 0 Å². The molecule has 0 fully saturated rings. The molecule has 0 bridgehead atoms. The quantitative estimate of drug-likeness (QED) is 0.310. The zero-order valence-electron chi connectivity index (χ0n) is 15.3. The topological polar surface area (TPSA) is 26.0 Å². The Morgan fingerprint density at radius 1 is 0.571 bits per heavy atom. The van der Waals surface area contributed by atoms with E-state index < -0.39 is 0 Å². The first-order valence-electron chi connectivity index (χ1n) is 9.92. The van der Waals surface area contributed by atoms with Crippen LogP contribution in [-0.2, 0) is 0 Å². The summed E-state index contributed by atoms with van der Waals surface area (Å²) in [5.74, 6) is 0.905. The van der Waals surface area contributed by atoms with Gasteiger partial charge in [0.2, 0.25) is 0 Å². The molecule has 2 N–H and O–H groups in total. The van der Waals surface area contributed by atoms with Crippen LogP contribution in [0.1, 0.15) is 117 Å². The molecule has 0 aromatic carbocycles. The van der Waals surface area contributed by atoms with Gasteiger partial charge in [-0.05, 0) is 19.3 Å². The number of hydrogen-bond donors (Lipinski definition) is 1. The summed E-state index contributed by atoms with van der Waals surface area (Å²) in [5.41, 5.74) is 5.79. The second-order valence-electron chi connectivity index (χ2n) is 7.34. The Morgan fingerprint density at radius 3 is 1.48 bits per heavy atom. The zero-order chi connectivity index (χ0) is 15.8. The third-order valence-corrected chi connectivity index (χ3v) is 4.66. The molecule has 1 nitrogen and oxygen atoms in total. The van der Waals surface area contributed by atoms with Crippen molar-refractivity contribution in [3.63, 3.8) is 0 Å². The number of hydrogen-bond acceptors (Lipinski definition) is 1. The van der Waals surface area contributed by atoms with E-state index in [0.29, 0.717) is 6.04 Å². The molecular weight excluding hydrogens is 254 g/mol. The van der Waals surface area contributed by atoms with Gasteiger partial charge in [0.25, 0.3) is 0 Å². The van der Waals surface area contributed by atoms with E-state index in [1.807, 2.05) is 0 Å². The molecule has 2 unspecified atom stereocenters. The van der Waals surface area contributed by atoms with Crippen molar-refractivity contribution in [3.05, 3.63) is 0 Å². The molecule has 0 radical (unpaired) electrons. The summed E-state index contributed by atoms with van der Waals surface area (Å²) < 4.78 is 0. The Hall–Kier alpha value is -0.0400. The van der Waals surface area contributed by atoms with E-state index in [0.717, 1.165) is 5.92 Å². The maximum atomic E-state index is 5.79. The highest BCUT2D eigenvalue weighted by atomic mass is 14.6. The Kier molecular flexibility index (Phi) is 16.3. The zero-order valence-corrected chi connectivity index (χ0v) is 15.3. The maximum Gasteiger partial charge on any atom is 0.00104 e. The Morgan fingerprint density at radius 2 is 1.00 bits per heavy atom. The minimum Gasteiger partial charge on any atom is -0.328 e. The van der Waals surface area contributed by atoms with Crippen molar-refractivity contribution in [1.29, 1.82) is 0 Å². The highest BCUT2D eigenvalue weighted by Gasteiger charge is 2.03. The summed E-state index contributed by atoms with van der Waals surface area (Å²) in [7, 11) is 0. The van der Waals surface area contributed by atoms with Crippen LogP contribution in [-0.4, -0.2) is 6.04 Å². The normalized spacial score (nSPS) is 14.3. The van der Waals surface area contributed by atoms with Gasteiger partial charge in [0.15, 0.2) is 0 Å². The molecule has 0 spiro atoms. The Bertz CT molecular complexity index is 188. The predicted octanol–water partition coefficient (Wildman–Crippen LogP) is 6.84. The highest BCUT2D eigenvalue weighted by Crippen LogP contribution is 2.18. The lowest BCUT2D eigenvalue weighted by Crippen LogP contribution is -2.14. The molecular formula is C20H43N. The van der Waals surface area contributed by atoms with E-state index in [9.17, 15) is 0 Å². The molecule has 0 amide bonds. The fraction of sp³-hybridized carbons (Fsp3) is 1.00. The van der Waals surface area contributed by atoms with Gasteiger partial charge in [0.05, 0.1) is 0 Å². The van der Waals surface area contributed by atoms with E-state index in [1.54, 1.807) is 0 Å². The van der Waals surface area contributed by atoms with Gasteiger partial charge in [-0.15, -0.1) is 0 Å². The average molecular weight is 298 g/mol. The van der Waals surface area contributed by atoms with E-state index in [1.165, 1.54) is 96.3 Å². The fourth-order valence-electron chi connectivity index (χ4n) is 3.09. The first-order chi connectivity index (χ1) is 10.2. The summed E-state index contributed by atoms with van der Waals surface area (Å²) in [5, 5.41) is 0. The van der Waals surface area contributed by atoms with Crippen LogP contribution in [0.15, 0.2) is 0 Å². The molecule has 0 aliphatic rings. The summed E-state index contributed by atoms with van der Waals surface area (Å²) >= 11 is 0. The first kappa shape index (κ1) is 21.0. The SMILES string of the molecule is CCCCCCCCCCCCCC(C)CCCC(C)N. The minimum atomic E-state index is 0.388. The molecule has 0 aliphatic heterocycles. The molecule has 2 atom stereocenters. The van der Waals surface area contributed by atoms with Gasteiger partial charge in [-0.3, -0.25) is 0 Å². The van der Waals surface area contributed by atoms with Crippen LogP contribution in [0.4, 0.5) is 0 Å². The van der Waals surface area contributed by atoms with Crippen LogP contribution in [0.25, 0.3) is 0 Å². The fourth-order valence-corrected chi connectivity index (χ4v) is 3.09. The van der Waals surface area contributed by atoms with Gasteiger partial charge >= 0.3 is 0 Å². The third-order valence-electron chi connectivity index (χ3n) is 4.66. The molecule has 0 aromatic rings. The summed E-state index contributed by atoms with van der Waals surface area (Å²) in [6.07, 6.45) is 21.3. The second-order valence-corrected chi connectivity index (χ2v) is 7.34. The molecule has 0 rings (SSSR count). The van der Waals surface area contributed by atoms with E-state index in [2.05, 4.69) is 20.8 Å². The van der Waals surface area contributed by atoms with Crippen molar-refractivity contribution < 1.29 is 0 Å². The lowest BCUT2D eigenvalue weighted by molar-refractivity contribution is 0.428. The smallest absolute Gasteiger partial charge is 0.00104 e. The molecule has 21 heavy (non-hydrogen) atoms. The Labute approximate surface area is 135 Å². The van der Waals surface area contributed by atoms with Crippen LogP contribution in [0.3, 0.4) is 0 Å². The van der Waals surface area contributed by atoms with Crippen LogP contribution in [0.5, 0.6) is 0 Å². The van der Waals surface area contributed by atoms with Crippen LogP contribution < -0.4 is 5.73 Å². The van der Waals surface area contributed by atoms with Gasteiger partial charge in [0.1, 0.15) is 0 Å². The van der Waals surface area contributed by atoms with Crippen molar-refractivity contribution in [1.82, 2.24) is 0 Å².